The lowest BCUT2D eigenvalue weighted by Gasteiger charge is -1.99. The average Bonchev–Trinajstić information content (AvgIpc) is 3.14. The second kappa shape index (κ2) is 6.32. The van der Waals surface area contributed by atoms with Gasteiger partial charge in [0.05, 0.1) is 12.7 Å². The van der Waals surface area contributed by atoms with Crippen molar-refractivity contribution in [1.29, 1.82) is 0 Å². The van der Waals surface area contributed by atoms with Crippen LogP contribution >= 0.6 is 0 Å². The molecule has 0 unspecified atom stereocenters. The molecule has 0 bridgehead atoms. The van der Waals surface area contributed by atoms with E-state index in [9.17, 15) is 0 Å². The monoisotopic (exact) mass is 283 g/mol. The van der Waals surface area contributed by atoms with Crippen molar-refractivity contribution in [2.75, 3.05) is 6.54 Å². The van der Waals surface area contributed by atoms with Crippen molar-refractivity contribution in [3.05, 3.63) is 54.2 Å². The van der Waals surface area contributed by atoms with Crippen molar-refractivity contribution >= 4 is 0 Å². The maximum atomic E-state index is 5.62. The SMILES string of the molecule is Cn1cc(CCNCc2nnc(-c3ccccc3)o2)cn1. The molecule has 6 heteroatoms. The highest BCUT2D eigenvalue weighted by Gasteiger charge is 2.07. The molecule has 0 atom stereocenters. The highest BCUT2D eigenvalue weighted by molar-refractivity contribution is 5.51. The summed E-state index contributed by atoms with van der Waals surface area (Å²) in [7, 11) is 1.92. The zero-order valence-corrected chi connectivity index (χ0v) is 11.9. The number of hydrogen-bond donors (Lipinski definition) is 1. The molecule has 2 aromatic heterocycles. The Balaban J connectivity index is 1.49. The fraction of sp³-hybridized carbons (Fsp3) is 0.267. The molecule has 6 nitrogen and oxygen atoms in total. The van der Waals surface area contributed by atoms with E-state index >= 15 is 0 Å². The van der Waals surface area contributed by atoms with E-state index in [1.165, 1.54) is 5.56 Å². The maximum absolute atomic E-state index is 5.62. The summed E-state index contributed by atoms with van der Waals surface area (Å²) in [6.45, 7) is 1.41. The minimum Gasteiger partial charge on any atom is -0.419 e. The first-order valence-corrected chi connectivity index (χ1v) is 6.87. The summed E-state index contributed by atoms with van der Waals surface area (Å²) in [5.41, 5.74) is 2.15. The minimum atomic E-state index is 0.555. The summed E-state index contributed by atoms with van der Waals surface area (Å²) in [5, 5.41) is 15.5. The van der Waals surface area contributed by atoms with Gasteiger partial charge in [0.25, 0.3) is 0 Å². The van der Waals surface area contributed by atoms with Crippen molar-refractivity contribution in [1.82, 2.24) is 25.3 Å². The van der Waals surface area contributed by atoms with E-state index in [1.807, 2.05) is 49.8 Å². The summed E-state index contributed by atoms with van der Waals surface area (Å²) >= 11 is 0. The lowest BCUT2D eigenvalue weighted by Crippen LogP contribution is -2.16. The van der Waals surface area contributed by atoms with E-state index in [-0.39, 0.29) is 0 Å². The molecule has 3 aromatic rings. The van der Waals surface area contributed by atoms with Crippen LogP contribution in [0.2, 0.25) is 0 Å². The van der Waals surface area contributed by atoms with Gasteiger partial charge < -0.3 is 9.73 Å². The molecule has 108 valence electrons. The van der Waals surface area contributed by atoms with Crippen LogP contribution < -0.4 is 5.32 Å². The van der Waals surface area contributed by atoms with Crippen LogP contribution in [0.5, 0.6) is 0 Å². The number of aryl methyl sites for hydroxylation is 1. The Morgan fingerprint density at radius 2 is 2.05 bits per heavy atom. The predicted octanol–water partition coefficient (Wildman–Crippen LogP) is 1.80. The first-order valence-electron chi connectivity index (χ1n) is 6.87. The predicted molar refractivity (Wildman–Crippen MR) is 78.4 cm³/mol. The smallest absolute Gasteiger partial charge is 0.247 e. The van der Waals surface area contributed by atoms with Crippen molar-refractivity contribution in [3.63, 3.8) is 0 Å². The van der Waals surface area contributed by atoms with Crippen molar-refractivity contribution in [2.45, 2.75) is 13.0 Å². The van der Waals surface area contributed by atoms with Gasteiger partial charge in [-0.25, -0.2) is 0 Å². The second-order valence-electron chi connectivity index (χ2n) is 4.82. The van der Waals surface area contributed by atoms with Crippen LogP contribution in [0.15, 0.2) is 47.1 Å². The van der Waals surface area contributed by atoms with Gasteiger partial charge in [0.2, 0.25) is 11.8 Å². The van der Waals surface area contributed by atoms with Crippen LogP contribution in [0, 0.1) is 0 Å². The van der Waals surface area contributed by atoms with Crippen molar-refractivity contribution in [2.24, 2.45) is 7.05 Å². The minimum absolute atomic E-state index is 0.555. The largest absolute Gasteiger partial charge is 0.419 e. The number of nitrogens with zero attached hydrogens (tertiary/aromatic N) is 4. The van der Waals surface area contributed by atoms with Gasteiger partial charge in [-0.05, 0) is 30.7 Å². The Kier molecular flexibility index (Phi) is 4.07. The van der Waals surface area contributed by atoms with Gasteiger partial charge in [0.1, 0.15) is 0 Å². The van der Waals surface area contributed by atoms with Gasteiger partial charge in [-0.15, -0.1) is 10.2 Å². The molecule has 2 heterocycles. The molecule has 0 saturated heterocycles. The van der Waals surface area contributed by atoms with Gasteiger partial charge in [-0.3, -0.25) is 4.68 Å². The molecule has 1 N–H and O–H groups in total. The summed E-state index contributed by atoms with van der Waals surface area (Å²) in [4.78, 5) is 0. The van der Waals surface area contributed by atoms with Gasteiger partial charge in [-0.2, -0.15) is 5.10 Å². The molecule has 0 fully saturated rings. The van der Waals surface area contributed by atoms with Gasteiger partial charge in [0.15, 0.2) is 0 Å². The fourth-order valence-electron chi connectivity index (χ4n) is 2.05. The van der Waals surface area contributed by atoms with Crippen molar-refractivity contribution in [3.8, 4) is 11.5 Å². The van der Waals surface area contributed by atoms with E-state index in [0.29, 0.717) is 18.3 Å². The molecule has 0 amide bonds. The Hall–Kier alpha value is -2.47. The lowest BCUT2D eigenvalue weighted by molar-refractivity contribution is 0.478. The molecular formula is C15H17N5O. The number of nitrogens with one attached hydrogen (secondary N) is 1. The quantitative estimate of drug-likeness (QED) is 0.699. The molecule has 0 aliphatic rings. The molecule has 0 aliphatic heterocycles. The van der Waals surface area contributed by atoms with Crippen LogP contribution in [-0.4, -0.2) is 26.5 Å². The summed E-state index contributed by atoms with van der Waals surface area (Å²) in [6, 6.07) is 9.76. The summed E-state index contributed by atoms with van der Waals surface area (Å²) < 4.78 is 7.43. The zero-order valence-electron chi connectivity index (χ0n) is 11.9. The molecule has 0 radical (unpaired) electrons. The van der Waals surface area contributed by atoms with Gasteiger partial charge >= 0.3 is 0 Å². The Morgan fingerprint density at radius 1 is 1.19 bits per heavy atom. The van der Waals surface area contributed by atoms with Gasteiger partial charge in [-0.1, -0.05) is 18.2 Å². The van der Waals surface area contributed by atoms with E-state index < -0.39 is 0 Å². The molecule has 0 spiro atoms. The third-order valence-electron chi connectivity index (χ3n) is 3.11. The van der Waals surface area contributed by atoms with Crippen LogP contribution in [0.3, 0.4) is 0 Å². The Labute approximate surface area is 122 Å². The average molecular weight is 283 g/mol. The third-order valence-corrected chi connectivity index (χ3v) is 3.11. The maximum Gasteiger partial charge on any atom is 0.247 e. The van der Waals surface area contributed by atoms with Crippen LogP contribution in [-0.2, 0) is 20.0 Å². The molecule has 1 aromatic carbocycles. The number of aromatic nitrogens is 4. The van der Waals surface area contributed by atoms with E-state index in [1.54, 1.807) is 4.68 Å². The molecule has 3 rings (SSSR count). The first kappa shape index (κ1) is 13.5. The highest BCUT2D eigenvalue weighted by atomic mass is 16.4. The highest BCUT2D eigenvalue weighted by Crippen LogP contribution is 2.16. The standard InChI is InChI=1S/C15H17N5O/c1-20-11-12(9-17-20)7-8-16-10-14-18-19-15(21-14)13-5-3-2-4-6-13/h2-6,9,11,16H,7-8,10H2,1H3. The second-order valence-corrected chi connectivity index (χ2v) is 4.82. The van der Waals surface area contributed by atoms with Crippen molar-refractivity contribution < 1.29 is 4.42 Å². The van der Waals surface area contributed by atoms with Crippen LogP contribution in [0.1, 0.15) is 11.5 Å². The molecule has 0 aliphatic carbocycles. The fourth-order valence-corrected chi connectivity index (χ4v) is 2.05. The normalized spacial score (nSPS) is 10.9. The molecule has 0 saturated carbocycles. The lowest BCUT2D eigenvalue weighted by atomic mass is 10.2. The number of benzene rings is 1. The first-order chi connectivity index (χ1) is 10.3. The van der Waals surface area contributed by atoms with Crippen LogP contribution in [0.4, 0.5) is 0 Å². The Bertz CT molecular complexity index is 689. The van der Waals surface area contributed by atoms with Gasteiger partial charge in [0, 0.05) is 18.8 Å². The molecule has 21 heavy (non-hydrogen) atoms. The van der Waals surface area contributed by atoms with E-state index in [2.05, 4.69) is 20.6 Å². The summed E-state index contributed by atoms with van der Waals surface area (Å²) in [5.74, 6) is 1.15. The molecular weight excluding hydrogens is 266 g/mol. The van der Waals surface area contributed by atoms with Crippen LogP contribution in [0.25, 0.3) is 11.5 Å². The zero-order chi connectivity index (χ0) is 14.5. The van der Waals surface area contributed by atoms with E-state index in [0.717, 1.165) is 18.5 Å². The summed E-state index contributed by atoms with van der Waals surface area (Å²) in [6.07, 6.45) is 4.82. The Morgan fingerprint density at radius 3 is 2.81 bits per heavy atom. The number of hydrogen-bond acceptors (Lipinski definition) is 5. The third kappa shape index (κ3) is 3.55. The topological polar surface area (TPSA) is 68.8 Å². The number of rotatable bonds is 6. The van der Waals surface area contributed by atoms with E-state index in [4.69, 9.17) is 4.42 Å².